The van der Waals surface area contributed by atoms with Crippen LogP contribution in [0.5, 0.6) is 0 Å². The van der Waals surface area contributed by atoms with Crippen LogP contribution in [-0.2, 0) is 52.2 Å². The Morgan fingerprint density at radius 2 is 1.29 bits per heavy atom. The molecule has 0 spiro atoms. The molecule has 4 saturated carbocycles. The summed E-state index contributed by atoms with van der Waals surface area (Å²) in [5, 5.41) is 142. The summed E-state index contributed by atoms with van der Waals surface area (Å²) < 4.78 is 53.6. The van der Waals surface area contributed by atoms with Crippen molar-refractivity contribution in [1.29, 1.82) is 0 Å². The van der Waals surface area contributed by atoms with E-state index in [1.165, 1.54) is 13.8 Å². The van der Waals surface area contributed by atoms with E-state index in [1.807, 2.05) is 0 Å². The first-order valence-electron chi connectivity index (χ1n) is 27.4. The Morgan fingerprint density at radius 1 is 0.662 bits per heavy atom. The van der Waals surface area contributed by atoms with E-state index in [0.717, 1.165) is 5.57 Å². The molecule has 0 radical (unpaired) electrons. The predicted molar refractivity (Wildman–Crippen MR) is 256 cm³/mol. The Kier molecular flexibility index (Phi) is 15.3. The number of rotatable bonds is 10. The van der Waals surface area contributed by atoms with Crippen LogP contribution in [0.1, 0.15) is 99.8 Å². The molecule has 0 aromatic rings. The van der Waals surface area contributed by atoms with Crippen molar-refractivity contribution in [3.63, 3.8) is 0 Å². The molecule has 5 aliphatic heterocycles. The average Bonchev–Trinajstić information content (AvgIpc) is 3.57. The highest BCUT2D eigenvalue weighted by atomic mass is 16.8. The first-order chi connectivity index (χ1) is 36.1. The van der Waals surface area contributed by atoms with Gasteiger partial charge in [0.1, 0.15) is 96.3 Å². The molecule has 0 aromatic carbocycles. The second-order valence-corrected chi connectivity index (χ2v) is 25.8. The summed E-state index contributed by atoms with van der Waals surface area (Å²) in [4.78, 5) is 29.6. The Hall–Kier alpha value is -2.12. The number of aliphatic hydroxyl groups is 13. The van der Waals surface area contributed by atoms with Gasteiger partial charge in [-0.05, 0) is 105 Å². The average molecular weight is 1100 g/mol. The molecule has 0 amide bonds. The van der Waals surface area contributed by atoms with E-state index in [4.69, 9.17) is 42.6 Å². The normalized spacial score (nSPS) is 56.1. The molecule has 77 heavy (non-hydrogen) atoms. The Labute approximate surface area is 446 Å². The van der Waals surface area contributed by atoms with Crippen molar-refractivity contribution in [2.24, 2.45) is 50.2 Å². The zero-order valence-corrected chi connectivity index (χ0v) is 44.6. The maximum atomic E-state index is 15.3. The van der Waals surface area contributed by atoms with E-state index in [9.17, 15) is 71.2 Å². The topological polar surface area (TPSA) is 380 Å². The summed E-state index contributed by atoms with van der Waals surface area (Å²) in [6.07, 6.45) is -28.1. The van der Waals surface area contributed by atoms with Gasteiger partial charge >= 0.3 is 11.9 Å². The van der Waals surface area contributed by atoms with E-state index in [0.29, 0.717) is 32.1 Å². The molecule has 5 saturated heterocycles. The second kappa shape index (κ2) is 20.3. The maximum Gasteiger partial charge on any atom is 0.317 e. The number of fused-ring (bicyclic) bond motifs is 10. The van der Waals surface area contributed by atoms with Crippen molar-refractivity contribution in [1.82, 2.24) is 0 Å². The highest BCUT2D eigenvalue weighted by Gasteiger charge is 2.77. The third-order valence-electron chi connectivity index (χ3n) is 21.3. The molecule has 0 aromatic heterocycles. The van der Waals surface area contributed by atoms with Gasteiger partial charge in [-0.1, -0.05) is 46.3 Å². The minimum Gasteiger partial charge on any atom is -0.459 e. The lowest BCUT2D eigenvalue weighted by atomic mass is 9.33. The number of hydrogen-bond donors (Lipinski definition) is 13. The number of carbonyl (C=O) groups excluding carboxylic acids is 2. The van der Waals surface area contributed by atoms with Gasteiger partial charge in [0.15, 0.2) is 25.0 Å². The minimum atomic E-state index is -1.91. The molecule has 10 aliphatic rings. The van der Waals surface area contributed by atoms with E-state index in [1.54, 1.807) is 0 Å². The molecule has 30 atom stereocenters. The number of ether oxygens (including phenoxy) is 9. The van der Waals surface area contributed by atoms with Crippen LogP contribution in [0.15, 0.2) is 11.6 Å². The van der Waals surface area contributed by atoms with Crippen molar-refractivity contribution in [2.45, 2.75) is 235 Å². The van der Waals surface area contributed by atoms with Crippen LogP contribution in [0.4, 0.5) is 0 Å². The van der Waals surface area contributed by atoms with Crippen molar-refractivity contribution in [2.75, 3.05) is 19.8 Å². The fraction of sp³-hybridized carbons (Fsp3) is 0.925. The summed E-state index contributed by atoms with van der Waals surface area (Å²) >= 11 is 0. The van der Waals surface area contributed by atoms with Gasteiger partial charge in [0.2, 0.25) is 6.29 Å². The van der Waals surface area contributed by atoms with Gasteiger partial charge < -0.3 is 109 Å². The van der Waals surface area contributed by atoms with Crippen molar-refractivity contribution >= 4 is 11.9 Å². The van der Waals surface area contributed by atoms with Crippen LogP contribution in [0.25, 0.3) is 0 Å². The van der Waals surface area contributed by atoms with Crippen LogP contribution in [-0.4, -0.2) is 233 Å². The first-order valence-corrected chi connectivity index (χ1v) is 27.4. The molecule has 438 valence electrons. The lowest BCUT2D eigenvalue weighted by Crippen LogP contribution is -2.70. The van der Waals surface area contributed by atoms with Crippen LogP contribution in [0.3, 0.4) is 0 Å². The summed E-state index contributed by atoms with van der Waals surface area (Å²) in [5.41, 5.74) is -4.48. The molecule has 9 fully saturated rings. The van der Waals surface area contributed by atoms with Crippen LogP contribution in [0.2, 0.25) is 0 Å². The van der Waals surface area contributed by atoms with Crippen LogP contribution < -0.4 is 0 Å². The van der Waals surface area contributed by atoms with Crippen molar-refractivity contribution < 1.29 is 119 Å². The smallest absolute Gasteiger partial charge is 0.317 e. The minimum absolute atomic E-state index is 0.126. The number of allylic oxidation sites excluding steroid dienone is 2. The molecule has 2 bridgehead atoms. The van der Waals surface area contributed by atoms with Gasteiger partial charge in [-0.2, -0.15) is 0 Å². The summed E-state index contributed by atoms with van der Waals surface area (Å²) in [6.45, 7) is 11.7. The molecule has 24 heteroatoms. The summed E-state index contributed by atoms with van der Waals surface area (Å²) in [5.74, 6) is -2.74. The Balaban J connectivity index is 0.902. The fourth-order valence-electron chi connectivity index (χ4n) is 16.7. The fourth-order valence-corrected chi connectivity index (χ4v) is 16.7. The quantitative estimate of drug-likeness (QED) is 0.0594. The molecule has 13 N–H and O–H groups in total. The number of aliphatic hydroxyl groups excluding tert-OH is 13. The molecular formula is C53H82O24. The zero-order chi connectivity index (χ0) is 56.0. The number of carbonyl (C=O) groups is 2. The van der Waals surface area contributed by atoms with Gasteiger partial charge in [-0.3, -0.25) is 9.59 Å². The molecule has 5 heterocycles. The monoisotopic (exact) mass is 1100 g/mol. The van der Waals surface area contributed by atoms with E-state index >= 15 is 4.79 Å². The molecular weight excluding hydrogens is 1020 g/mol. The first kappa shape index (κ1) is 58.1. The van der Waals surface area contributed by atoms with E-state index < -0.39 is 206 Å². The third-order valence-corrected chi connectivity index (χ3v) is 21.3. The van der Waals surface area contributed by atoms with Crippen molar-refractivity contribution in [3.05, 3.63) is 11.6 Å². The van der Waals surface area contributed by atoms with Gasteiger partial charge in [0.25, 0.3) is 0 Å². The highest BCUT2D eigenvalue weighted by molar-refractivity contribution is 5.82. The van der Waals surface area contributed by atoms with Crippen LogP contribution in [0, 0.1) is 50.2 Å². The third kappa shape index (κ3) is 8.67. The Morgan fingerprint density at radius 3 is 1.95 bits per heavy atom. The molecule has 10 rings (SSSR count). The zero-order valence-electron chi connectivity index (χ0n) is 44.6. The van der Waals surface area contributed by atoms with Crippen molar-refractivity contribution in [3.8, 4) is 0 Å². The number of esters is 2. The Bertz CT molecular complexity index is 2230. The summed E-state index contributed by atoms with van der Waals surface area (Å²) in [6, 6.07) is 0. The predicted octanol–water partition coefficient (Wildman–Crippen LogP) is -2.88. The van der Waals surface area contributed by atoms with Gasteiger partial charge in [-0.25, -0.2) is 0 Å². The molecule has 5 aliphatic carbocycles. The largest absolute Gasteiger partial charge is 0.459 e. The van der Waals surface area contributed by atoms with E-state index in [2.05, 4.69) is 40.7 Å². The number of hydrogen-bond acceptors (Lipinski definition) is 24. The van der Waals surface area contributed by atoms with Crippen LogP contribution >= 0.6 is 0 Å². The maximum absolute atomic E-state index is 15.3. The SMILES string of the molecule is C[C@H]1O[C@H](O[C@H]2[C@H](O)[C@H](O)[C@@H](O[C@H]3[C@H](OC(=O)[C@]45CCC(C)(C)C[C@@H]4C4=CC[C@@H]6[C@@]7(C)C[C@@H]8OC(=O)[C@@](CO)([C@H]8O[C@@H]8O[C@H](CO)[C@@H](O)[C@H](O)[C@H]8O)[C@H]7CC[C@@]6(C)[C@]4(C)C[C@H]5O)OC[C@H](O)[C@@H]3O)O[C@@H]2C)[C@@H](O)[C@@H](O)[C@@H]1O. The lowest BCUT2D eigenvalue weighted by molar-refractivity contribution is -0.373. The van der Waals surface area contributed by atoms with Gasteiger partial charge in [-0.15, -0.1) is 0 Å². The standard InChI is InChI=1S/C53H82O24/c1-20-30(58)33(61)36(64)42(70-20)74-39-21(2)71-43(38(66)35(39)63)75-40-31(59)24(56)18-69-45(40)77-46(67)52-13-12-48(3,4)14-23(52)22-8-9-27-49(5)15-25-41(76-44-37(65)34(62)32(60)26(17-54)72-44)53(19-55,47(68)73-25)28(49)10-11-50(27,6)51(22,7)16-29(52)57/h8,20-21,23-45,54-66H,9-19H2,1-7H3/t20-,21-,23-,24+,25+,26-,27-,28+,29-,30-,31+,32-,33+,34+,35-,36+,37-,38+,39-,40-,41+,42-,43-,44+,45+,49-,50-,51-,52-,53-/m1/s1. The molecule has 0 unspecified atom stereocenters. The lowest BCUT2D eigenvalue weighted by Gasteiger charge is -2.71. The second-order valence-electron chi connectivity index (χ2n) is 25.8. The summed E-state index contributed by atoms with van der Waals surface area (Å²) in [7, 11) is 0. The highest BCUT2D eigenvalue weighted by Crippen LogP contribution is 2.77. The van der Waals surface area contributed by atoms with Gasteiger partial charge in [0.05, 0.1) is 38.1 Å². The van der Waals surface area contributed by atoms with E-state index in [-0.39, 0.29) is 30.6 Å². The molecule has 24 nitrogen and oxygen atoms in total. The van der Waals surface area contributed by atoms with Gasteiger partial charge in [0, 0.05) is 0 Å².